The monoisotopic (exact) mass is 428 g/mol. The largest absolute Gasteiger partial charge is 0.511 e. The van der Waals surface area contributed by atoms with E-state index in [1.807, 2.05) is 0 Å². The predicted octanol–water partition coefficient (Wildman–Crippen LogP) is -0.894. The van der Waals surface area contributed by atoms with Crippen LogP contribution in [0.1, 0.15) is 13.3 Å². The summed E-state index contributed by atoms with van der Waals surface area (Å²) in [6, 6.07) is -1.07. The van der Waals surface area contributed by atoms with Gasteiger partial charge in [-0.1, -0.05) is 12.2 Å². The third-order valence-corrected chi connectivity index (χ3v) is 7.03. The van der Waals surface area contributed by atoms with Gasteiger partial charge in [0.25, 0.3) is 0 Å². The molecule has 3 unspecified atom stereocenters. The van der Waals surface area contributed by atoms with Crippen LogP contribution in [0.3, 0.4) is 0 Å². The Morgan fingerprint density at radius 1 is 1.26 bits per heavy atom. The van der Waals surface area contributed by atoms with Crippen molar-refractivity contribution in [1.82, 2.24) is 4.90 Å². The quantitative estimate of drug-likeness (QED) is 0.412. The van der Waals surface area contributed by atoms with E-state index in [4.69, 9.17) is 5.73 Å². The summed E-state index contributed by atoms with van der Waals surface area (Å²) in [6.07, 6.45) is 2.59. The maximum atomic E-state index is 13.2. The van der Waals surface area contributed by atoms with Gasteiger partial charge >= 0.3 is 0 Å². The standard InChI is InChI=1S/C22H24N2O7/c1-8-9-5-4-6-12(25)13(9)17(26)14-10(8)7-11-16(24(2)3)18(27)15(21(23)30)20(29)22(11,31)19(14)28/h4-6,11,13,15-16,19,26,28,31H,7H2,1-3H3,(H2,23,30)/t11-,13?,15?,16-,19?,22-/m0/s1. The molecule has 0 bridgehead atoms. The van der Waals surface area contributed by atoms with Gasteiger partial charge in [-0.05, 0) is 50.2 Å². The van der Waals surface area contributed by atoms with Crippen molar-refractivity contribution in [2.24, 2.45) is 23.5 Å². The molecule has 6 atom stereocenters. The summed E-state index contributed by atoms with van der Waals surface area (Å²) in [4.78, 5) is 52.0. The normalized spacial score (nSPS) is 37.5. The number of nitrogens with two attached hydrogens (primary N) is 1. The molecule has 0 aliphatic heterocycles. The number of primary amides is 1. The van der Waals surface area contributed by atoms with E-state index in [9.17, 15) is 34.5 Å². The average Bonchev–Trinajstić information content (AvgIpc) is 2.68. The molecule has 0 aromatic rings. The molecule has 1 amide bonds. The van der Waals surface area contributed by atoms with E-state index in [1.165, 1.54) is 11.0 Å². The topological polar surface area (TPSA) is 158 Å². The van der Waals surface area contributed by atoms with Crippen LogP contribution in [0, 0.1) is 17.8 Å². The molecule has 164 valence electrons. The summed E-state index contributed by atoms with van der Waals surface area (Å²) in [5.74, 6) is -8.02. The third-order valence-electron chi connectivity index (χ3n) is 7.03. The maximum absolute atomic E-state index is 13.2. The molecule has 2 saturated carbocycles. The average molecular weight is 428 g/mol. The highest BCUT2D eigenvalue weighted by Gasteiger charge is 2.67. The first-order valence-electron chi connectivity index (χ1n) is 9.94. The summed E-state index contributed by atoms with van der Waals surface area (Å²) in [5.41, 5.74) is 4.32. The number of fused-ring (bicyclic) bond motifs is 3. The van der Waals surface area contributed by atoms with Crippen molar-refractivity contribution in [2.45, 2.75) is 31.1 Å². The van der Waals surface area contributed by atoms with Crippen molar-refractivity contribution in [2.75, 3.05) is 14.1 Å². The lowest BCUT2D eigenvalue weighted by Gasteiger charge is -2.53. The molecule has 2 fully saturated rings. The van der Waals surface area contributed by atoms with Crippen molar-refractivity contribution in [3.8, 4) is 0 Å². The SMILES string of the molecule is CC1=C2C[C@H]3[C@H](N(C)C)C(=O)C(C(N)=O)C(=O)[C@@]3(O)C(O)C2=C(O)C2C(=O)C=CC=C12. The van der Waals surface area contributed by atoms with Gasteiger partial charge < -0.3 is 21.1 Å². The zero-order chi connectivity index (χ0) is 23.0. The van der Waals surface area contributed by atoms with Crippen LogP contribution in [0.4, 0.5) is 0 Å². The lowest BCUT2D eigenvalue weighted by Crippen LogP contribution is -2.72. The zero-order valence-electron chi connectivity index (χ0n) is 17.3. The number of ketones is 3. The van der Waals surface area contributed by atoms with Crippen molar-refractivity contribution >= 4 is 23.3 Å². The second kappa shape index (κ2) is 6.81. The number of likely N-dealkylation sites (N-methyl/N-ethyl adjacent to an activating group) is 1. The molecule has 0 spiro atoms. The minimum absolute atomic E-state index is 0.0213. The van der Waals surface area contributed by atoms with Crippen LogP contribution in [-0.4, -0.2) is 75.3 Å². The van der Waals surface area contributed by atoms with Gasteiger partial charge in [0.2, 0.25) is 5.91 Å². The molecule has 0 aromatic heterocycles. The van der Waals surface area contributed by atoms with Crippen LogP contribution in [0.25, 0.3) is 0 Å². The molecule has 4 aliphatic carbocycles. The number of allylic oxidation sites excluding steroid dienone is 5. The molecular weight excluding hydrogens is 404 g/mol. The molecule has 0 saturated heterocycles. The van der Waals surface area contributed by atoms with Gasteiger partial charge in [0.15, 0.2) is 28.9 Å². The lowest BCUT2D eigenvalue weighted by molar-refractivity contribution is -0.182. The number of aliphatic hydroxyl groups excluding tert-OH is 2. The van der Waals surface area contributed by atoms with Gasteiger partial charge in [0, 0.05) is 11.5 Å². The van der Waals surface area contributed by atoms with Gasteiger partial charge in [-0.3, -0.25) is 24.1 Å². The minimum Gasteiger partial charge on any atom is -0.511 e. The van der Waals surface area contributed by atoms with Crippen LogP contribution in [0.5, 0.6) is 0 Å². The number of carbonyl (C=O) groups is 4. The Bertz CT molecular complexity index is 1060. The Hall–Kier alpha value is -2.88. The molecular formula is C22H24N2O7. The van der Waals surface area contributed by atoms with Gasteiger partial charge in [0.05, 0.1) is 6.04 Å². The number of nitrogens with zero attached hydrogens (tertiary/aromatic N) is 1. The van der Waals surface area contributed by atoms with Gasteiger partial charge in [-0.15, -0.1) is 0 Å². The highest BCUT2D eigenvalue weighted by molar-refractivity contribution is 6.24. The Morgan fingerprint density at radius 2 is 1.90 bits per heavy atom. The smallest absolute Gasteiger partial charge is 0.235 e. The van der Waals surface area contributed by atoms with E-state index in [-0.39, 0.29) is 12.0 Å². The van der Waals surface area contributed by atoms with Crippen LogP contribution in [0.2, 0.25) is 0 Å². The predicted molar refractivity (Wildman–Crippen MR) is 107 cm³/mol. The van der Waals surface area contributed by atoms with Gasteiger partial charge in [-0.25, -0.2) is 0 Å². The number of rotatable bonds is 2. The van der Waals surface area contributed by atoms with Gasteiger partial charge in [0.1, 0.15) is 17.8 Å². The first-order chi connectivity index (χ1) is 14.4. The van der Waals surface area contributed by atoms with E-state index in [0.29, 0.717) is 16.7 Å². The Kier molecular flexibility index (Phi) is 4.69. The van der Waals surface area contributed by atoms with E-state index < -0.39 is 64.5 Å². The van der Waals surface area contributed by atoms with Crippen LogP contribution >= 0.6 is 0 Å². The molecule has 31 heavy (non-hydrogen) atoms. The van der Waals surface area contributed by atoms with Crippen molar-refractivity contribution in [3.63, 3.8) is 0 Å². The highest BCUT2D eigenvalue weighted by atomic mass is 16.4. The van der Waals surface area contributed by atoms with E-state index in [0.717, 1.165) is 0 Å². The molecule has 9 nitrogen and oxygen atoms in total. The van der Waals surface area contributed by atoms with Gasteiger partial charge in [-0.2, -0.15) is 0 Å². The molecule has 0 heterocycles. The summed E-state index contributed by atoms with van der Waals surface area (Å²) in [5, 5.41) is 33.7. The first kappa shape index (κ1) is 21.4. The fraction of sp³-hybridized carbons (Fsp3) is 0.455. The van der Waals surface area contributed by atoms with E-state index in [1.54, 1.807) is 33.2 Å². The van der Waals surface area contributed by atoms with Crippen LogP contribution in [-0.2, 0) is 19.2 Å². The molecule has 4 rings (SSSR count). The Balaban J connectivity index is 1.96. The molecule has 0 radical (unpaired) electrons. The summed E-state index contributed by atoms with van der Waals surface area (Å²) < 4.78 is 0. The maximum Gasteiger partial charge on any atom is 0.235 e. The zero-order valence-corrected chi connectivity index (χ0v) is 17.3. The number of carbonyl (C=O) groups excluding carboxylic acids is 4. The Labute approximate surface area is 178 Å². The second-order valence-corrected chi connectivity index (χ2v) is 8.77. The molecule has 4 aliphatic rings. The first-order valence-corrected chi connectivity index (χ1v) is 9.94. The number of aliphatic hydroxyl groups is 3. The Morgan fingerprint density at radius 3 is 2.48 bits per heavy atom. The highest BCUT2D eigenvalue weighted by Crippen LogP contribution is 2.53. The van der Waals surface area contributed by atoms with Crippen molar-refractivity contribution in [1.29, 1.82) is 0 Å². The van der Waals surface area contributed by atoms with E-state index in [2.05, 4.69) is 0 Å². The number of amides is 1. The number of hydrogen-bond acceptors (Lipinski definition) is 8. The molecule has 0 aromatic carbocycles. The van der Waals surface area contributed by atoms with Crippen LogP contribution < -0.4 is 5.73 Å². The van der Waals surface area contributed by atoms with Crippen molar-refractivity contribution in [3.05, 3.63) is 46.3 Å². The molecule has 9 heteroatoms. The van der Waals surface area contributed by atoms with E-state index >= 15 is 0 Å². The minimum atomic E-state index is -2.54. The second-order valence-electron chi connectivity index (χ2n) is 8.77. The number of Topliss-reactive ketones (excluding diaryl/α,β-unsaturated/α-hetero) is 2. The van der Waals surface area contributed by atoms with Crippen LogP contribution in [0.15, 0.2) is 46.3 Å². The fourth-order valence-electron chi connectivity index (χ4n) is 5.55. The summed E-state index contributed by atoms with van der Waals surface area (Å²) in [6.45, 7) is 1.73. The lowest BCUT2D eigenvalue weighted by atomic mass is 9.55. The summed E-state index contributed by atoms with van der Waals surface area (Å²) in [7, 11) is 3.13. The fourth-order valence-corrected chi connectivity index (χ4v) is 5.55. The third kappa shape index (κ3) is 2.60. The van der Waals surface area contributed by atoms with Crippen molar-refractivity contribution < 1.29 is 34.5 Å². The number of hydrogen-bond donors (Lipinski definition) is 4. The summed E-state index contributed by atoms with van der Waals surface area (Å²) >= 11 is 0. The molecule has 5 N–H and O–H groups in total.